The van der Waals surface area contributed by atoms with Gasteiger partial charge in [0, 0.05) is 16.6 Å². The molecule has 0 aliphatic carbocycles. The second-order valence-corrected chi connectivity index (χ2v) is 5.48. The lowest BCUT2D eigenvalue weighted by atomic mass is 9.96. The van der Waals surface area contributed by atoms with E-state index in [1.165, 1.54) is 6.07 Å². The average Bonchev–Trinajstić information content (AvgIpc) is 2.34. The molecule has 2 nitrogen and oxygen atoms in total. The van der Waals surface area contributed by atoms with E-state index in [-0.39, 0.29) is 11.9 Å². The summed E-state index contributed by atoms with van der Waals surface area (Å²) in [6.07, 6.45) is 2.88. The van der Waals surface area contributed by atoms with Crippen LogP contribution in [0.2, 0.25) is 5.02 Å². The number of nitrogens with two attached hydrogens (primary N) is 1. The van der Waals surface area contributed by atoms with Crippen LogP contribution in [-0.4, -0.2) is 12.7 Å². The van der Waals surface area contributed by atoms with Gasteiger partial charge in [-0.3, -0.25) is 0 Å². The summed E-state index contributed by atoms with van der Waals surface area (Å²) in [5.74, 6) is -0.344. The molecule has 2 atom stereocenters. The van der Waals surface area contributed by atoms with Crippen LogP contribution < -0.4 is 5.73 Å². The molecule has 0 spiro atoms. The monoisotopic (exact) mass is 321 g/mol. The molecule has 0 bridgehead atoms. The zero-order chi connectivity index (χ0) is 12.4. The van der Waals surface area contributed by atoms with Crippen molar-refractivity contribution < 1.29 is 9.13 Å². The minimum absolute atomic E-state index is 0.115. The van der Waals surface area contributed by atoms with Crippen molar-refractivity contribution in [3.63, 3.8) is 0 Å². The first-order chi connectivity index (χ1) is 8.09. The minimum atomic E-state index is -0.458. The lowest BCUT2D eigenvalue weighted by Gasteiger charge is -2.28. The highest BCUT2D eigenvalue weighted by molar-refractivity contribution is 9.10. The van der Waals surface area contributed by atoms with Gasteiger partial charge in [0.05, 0.1) is 17.2 Å². The van der Waals surface area contributed by atoms with Gasteiger partial charge in [0.1, 0.15) is 5.82 Å². The lowest BCUT2D eigenvalue weighted by Crippen LogP contribution is -2.32. The molecule has 1 aliphatic rings. The van der Waals surface area contributed by atoms with E-state index in [0.717, 1.165) is 19.3 Å². The largest absolute Gasteiger partial charge is 0.376 e. The van der Waals surface area contributed by atoms with Crippen LogP contribution in [0.5, 0.6) is 0 Å². The fourth-order valence-corrected chi connectivity index (χ4v) is 2.53. The Morgan fingerprint density at radius 1 is 1.47 bits per heavy atom. The molecule has 1 aromatic carbocycles. The molecule has 94 valence electrons. The van der Waals surface area contributed by atoms with Gasteiger partial charge >= 0.3 is 0 Å². The van der Waals surface area contributed by atoms with E-state index >= 15 is 0 Å². The van der Waals surface area contributed by atoms with E-state index in [2.05, 4.69) is 15.9 Å². The van der Waals surface area contributed by atoms with Crippen LogP contribution in [0.25, 0.3) is 0 Å². The summed E-state index contributed by atoms with van der Waals surface area (Å²) >= 11 is 9.14. The molecule has 0 radical (unpaired) electrons. The Kier molecular flexibility index (Phi) is 4.42. The third-order valence-corrected chi connectivity index (χ3v) is 4.21. The van der Waals surface area contributed by atoms with E-state index < -0.39 is 6.04 Å². The van der Waals surface area contributed by atoms with Gasteiger partial charge < -0.3 is 10.5 Å². The Bertz CT molecular complexity index is 410. The SMILES string of the molecule is NC(c1cc(Cl)c(Br)cc1F)C1CCCCO1. The van der Waals surface area contributed by atoms with Crippen molar-refractivity contribution in [2.75, 3.05) is 6.61 Å². The van der Waals surface area contributed by atoms with Crippen LogP contribution in [0, 0.1) is 5.82 Å². The number of rotatable bonds is 2. The van der Waals surface area contributed by atoms with Crippen LogP contribution in [0.4, 0.5) is 4.39 Å². The quantitative estimate of drug-likeness (QED) is 0.840. The molecule has 1 aromatic rings. The first-order valence-corrected chi connectivity index (χ1v) is 6.78. The van der Waals surface area contributed by atoms with Gasteiger partial charge in [-0.15, -0.1) is 0 Å². The molecule has 0 amide bonds. The lowest BCUT2D eigenvalue weighted by molar-refractivity contribution is -0.000618. The average molecular weight is 323 g/mol. The van der Waals surface area contributed by atoms with E-state index in [1.807, 2.05) is 0 Å². The second-order valence-electron chi connectivity index (χ2n) is 4.22. The van der Waals surface area contributed by atoms with E-state index in [0.29, 0.717) is 21.7 Å². The van der Waals surface area contributed by atoms with Crippen LogP contribution in [0.3, 0.4) is 0 Å². The standard InChI is InChI=1S/C12H14BrClFNO/c13-8-6-10(15)7(5-9(8)14)12(16)11-3-1-2-4-17-11/h5-6,11-12H,1-4,16H2. The Hall–Kier alpha value is -0.160. The maximum absolute atomic E-state index is 13.8. The van der Waals surface area contributed by atoms with Gasteiger partial charge in [-0.2, -0.15) is 0 Å². The summed E-state index contributed by atoms with van der Waals surface area (Å²) in [5, 5.41) is 0.465. The highest BCUT2D eigenvalue weighted by Gasteiger charge is 2.25. The highest BCUT2D eigenvalue weighted by Crippen LogP contribution is 2.31. The molecule has 17 heavy (non-hydrogen) atoms. The number of ether oxygens (including phenoxy) is 1. The van der Waals surface area contributed by atoms with Crippen molar-refractivity contribution in [2.45, 2.75) is 31.4 Å². The normalized spacial score (nSPS) is 22.5. The molecule has 2 N–H and O–H groups in total. The van der Waals surface area contributed by atoms with Gasteiger partial charge in [-0.25, -0.2) is 4.39 Å². The van der Waals surface area contributed by atoms with Crippen molar-refractivity contribution in [3.8, 4) is 0 Å². The van der Waals surface area contributed by atoms with E-state index in [1.54, 1.807) is 6.07 Å². The Labute approximate surface area is 113 Å². The third kappa shape index (κ3) is 2.99. The van der Waals surface area contributed by atoms with Gasteiger partial charge in [0.15, 0.2) is 0 Å². The molecule has 2 rings (SSSR count). The maximum atomic E-state index is 13.8. The fourth-order valence-electron chi connectivity index (χ4n) is 2.04. The van der Waals surface area contributed by atoms with Gasteiger partial charge in [-0.1, -0.05) is 11.6 Å². The van der Waals surface area contributed by atoms with Gasteiger partial charge in [0.2, 0.25) is 0 Å². The fraction of sp³-hybridized carbons (Fsp3) is 0.500. The number of hydrogen-bond donors (Lipinski definition) is 1. The van der Waals surface area contributed by atoms with Gasteiger partial charge in [0.25, 0.3) is 0 Å². The van der Waals surface area contributed by atoms with Crippen LogP contribution >= 0.6 is 27.5 Å². The number of hydrogen-bond acceptors (Lipinski definition) is 2. The molecule has 1 heterocycles. The summed E-state index contributed by atoms with van der Waals surface area (Å²) in [5.41, 5.74) is 6.47. The van der Waals surface area contributed by atoms with Crippen molar-refractivity contribution in [2.24, 2.45) is 5.73 Å². The maximum Gasteiger partial charge on any atom is 0.129 e. The molecular formula is C12H14BrClFNO. The Morgan fingerprint density at radius 2 is 2.24 bits per heavy atom. The molecule has 1 fully saturated rings. The summed E-state index contributed by atoms with van der Waals surface area (Å²) in [6, 6.07) is 2.46. The van der Waals surface area contributed by atoms with Crippen LogP contribution in [-0.2, 0) is 4.74 Å². The van der Waals surface area contributed by atoms with Crippen molar-refractivity contribution >= 4 is 27.5 Å². The van der Waals surface area contributed by atoms with Crippen molar-refractivity contribution in [3.05, 3.63) is 33.0 Å². The topological polar surface area (TPSA) is 35.2 Å². The summed E-state index contributed by atoms with van der Waals surface area (Å²) < 4.78 is 19.9. The zero-order valence-electron chi connectivity index (χ0n) is 9.26. The minimum Gasteiger partial charge on any atom is -0.376 e. The number of benzene rings is 1. The third-order valence-electron chi connectivity index (χ3n) is 3.01. The highest BCUT2D eigenvalue weighted by atomic mass is 79.9. The smallest absolute Gasteiger partial charge is 0.129 e. The van der Waals surface area contributed by atoms with Crippen LogP contribution in [0.1, 0.15) is 30.9 Å². The zero-order valence-corrected chi connectivity index (χ0v) is 11.6. The molecule has 0 aromatic heterocycles. The summed E-state index contributed by atoms with van der Waals surface area (Å²) in [7, 11) is 0. The molecule has 1 saturated heterocycles. The second kappa shape index (κ2) is 5.65. The molecule has 5 heteroatoms. The molecule has 2 unspecified atom stereocenters. The number of halogens is 3. The first-order valence-electron chi connectivity index (χ1n) is 5.61. The predicted molar refractivity (Wildman–Crippen MR) is 69.6 cm³/mol. The predicted octanol–water partition coefficient (Wildman–Crippen LogP) is 3.81. The summed E-state index contributed by atoms with van der Waals surface area (Å²) in [6.45, 7) is 0.699. The van der Waals surface area contributed by atoms with E-state index in [9.17, 15) is 4.39 Å². The summed E-state index contributed by atoms with van der Waals surface area (Å²) in [4.78, 5) is 0. The van der Waals surface area contributed by atoms with Crippen molar-refractivity contribution in [1.82, 2.24) is 0 Å². The molecule has 1 aliphatic heterocycles. The molecular weight excluding hydrogens is 308 g/mol. The molecule has 0 saturated carbocycles. The Morgan fingerprint density at radius 3 is 2.88 bits per heavy atom. The van der Waals surface area contributed by atoms with Crippen LogP contribution in [0.15, 0.2) is 16.6 Å². The van der Waals surface area contributed by atoms with Crippen molar-refractivity contribution in [1.29, 1.82) is 0 Å². The van der Waals surface area contributed by atoms with Gasteiger partial charge in [-0.05, 0) is 47.3 Å². The Balaban J connectivity index is 2.23. The van der Waals surface area contributed by atoms with E-state index in [4.69, 9.17) is 22.1 Å². The first kappa shape index (κ1) is 13.3.